The fourth-order valence-electron chi connectivity index (χ4n) is 0.935. The van der Waals surface area contributed by atoms with Crippen LogP contribution in [0.3, 0.4) is 0 Å². The van der Waals surface area contributed by atoms with Gasteiger partial charge in [0, 0.05) is 4.47 Å². The van der Waals surface area contributed by atoms with E-state index in [0.29, 0.717) is 5.56 Å². The molecule has 0 saturated heterocycles. The van der Waals surface area contributed by atoms with Crippen LogP contribution in [-0.2, 0) is 4.57 Å². The molecule has 0 spiro atoms. The SMILES string of the molecule is C[C@@H](c1ccc(Br)cc1)P(=O)(O)O. The second kappa shape index (κ2) is 3.93. The molecule has 0 aromatic heterocycles. The Bertz CT molecular complexity index is 330. The first-order valence-corrected chi connectivity index (χ1v) is 6.19. The maximum Gasteiger partial charge on any atom is 0.332 e. The van der Waals surface area contributed by atoms with Crippen molar-refractivity contribution in [2.45, 2.75) is 12.6 Å². The van der Waals surface area contributed by atoms with Gasteiger partial charge >= 0.3 is 7.60 Å². The summed E-state index contributed by atoms with van der Waals surface area (Å²) in [5.74, 6) is 0. The van der Waals surface area contributed by atoms with E-state index in [1.54, 1.807) is 24.3 Å². The summed E-state index contributed by atoms with van der Waals surface area (Å²) < 4.78 is 11.8. The molecule has 13 heavy (non-hydrogen) atoms. The van der Waals surface area contributed by atoms with Gasteiger partial charge in [0.2, 0.25) is 0 Å². The summed E-state index contributed by atoms with van der Waals surface area (Å²) in [4.78, 5) is 17.8. The van der Waals surface area contributed by atoms with Crippen LogP contribution in [0, 0.1) is 0 Å². The van der Waals surface area contributed by atoms with Crippen LogP contribution in [0.5, 0.6) is 0 Å². The standard InChI is InChI=1S/C8H10BrO3P/c1-6(13(10,11)12)7-2-4-8(9)5-3-7/h2-6H,1H3,(H2,10,11,12)/t6-/m0/s1. The topological polar surface area (TPSA) is 57.5 Å². The maximum absolute atomic E-state index is 10.9. The van der Waals surface area contributed by atoms with Gasteiger partial charge in [-0.3, -0.25) is 4.57 Å². The molecule has 5 heteroatoms. The van der Waals surface area contributed by atoms with E-state index >= 15 is 0 Å². The molecule has 1 atom stereocenters. The Hall–Kier alpha value is -0.150. The van der Waals surface area contributed by atoms with Crippen LogP contribution in [0.1, 0.15) is 18.1 Å². The van der Waals surface area contributed by atoms with E-state index in [0.717, 1.165) is 4.47 Å². The number of rotatable bonds is 2. The van der Waals surface area contributed by atoms with E-state index in [-0.39, 0.29) is 0 Å². The van der Waals surface area contributed by atoms with Crippen LogP contribution in [-0.4, -0.2) is 9.79 Å². The van der Waals surface area contributed by atoms with Crippen molar-refractivity contribution in [2.75, 3.05) is 0 Å². The summed E-state index contributed by atoms with van der Waals surface area (Å²) in [6, 6.07) is 6.94. The Kier molecular flexibility index (Phi) is 3.30. The fraction of sp³-hybridized carbons (Fsp3) is 0.250. The van der Waals surface area contributed by atoms with Gasteiger partial charge in [0.15, 0.2) is 0 Å². The molecule has 1 rings (SSSR count). The van der Waals surface area contributed by atoms with Gasteiger partial charge in [-0.15, -0.1) is 0 Å². The Balaban J connectivity index is 2.97. The summed E-state index contributed by atoms with van der Waals surface area (Å²) in [5.41, 5.74) is -0.0860. The van der Waals surface area contributed by atoms with Crippen molar-refractivity contribution in [3.8, 4) is 0 Å². The average molecular weight is 265 g/mol. The third-order valence-electron chi connectivity index (χ3n) is 1.86. The molecule has 0 amide bonds. The predicted molar refractivity (Wildman–Crippen MR) is 54.6 cm³/mol. The van der Waals surface area contributed by atoms with Gasteiger partial charge in [-0.2, -0.15) is 0 Å². The van der Waals surface area contributed by atoms with Crippen molar-refractivity contribution in [2.24, 2.45) is 0 Å². The van der Waals surface area contributed by atoms with Crippen LogP contribution in [0.15, 0.2) is 28.7 Å². The van der Waals surface area contributed by atoms with E-state index in [1.165, 1.54) is 6.92 Å². The maximum atomic E-state index is 10.9. The molecule has 1 aromatic carbocycles. The quantitative estimate of drug-likeness (QED) is 0.808. The van der Waals surface area contributed by atoms with Gasteiger partial charge in [-0.05, 0) is 24.6 Å². The zero-order valence-corrected chi connectivity index (χ0v) is 9.50. The minimum Gasteiger partial charge on any atom is -0.324 e. The van der Waals surface area contributed by atoms with Gasteiger partial charge in [0.05, 0.1) is 5.66 Å². The number of halogens is 1. The van der Waals surface area contributed by atoms with Crippen molar-refractivity contribution in [3.63, 3.8) is 0 Å². The molecule has 0 fully saturated rings. The molecular formula is C8H10BrO3P. The molecule has 0 aliphatic heterocycles. The van der Waals surface area contributed by atoms with E-state index in [9.17, 15) is 4.57 Å². The summed E-state index contributed by atoms with van der Waals surface area (Å²) in [7, 11) is -4.01. The molecule has 0 heterocycles. The van der Waals surface area contributed by atoms with Crippen LogP contribution < -0.4 is 0 Å². The zero-order chi connectivity index (χ0) is 10.1. The summed E-state index contributed by atoms with van der Waals surface area (Å²) in [6.45, 7) is 1.52. The van der Waals surface area contributed by atoms with Crippen LogP contribution in [0.25, 0.3) is 0 Å². The van der Waals surface area contributed by atoms with Gasteiger partial charge in [0.25, 0.3) is 0 Å². The van der Waals surface area contributed by atoms with Crippen molar-refractivity contribution in [1.82, 2.24) is 0 Å². The third kappa shape index (κ3) is 2.92. The highest BCUT2D eigenvalue weighted by Gasteiger charge is 2.25. The van der Waals surface area contributed by atoms with Crippen LogP contribution in [0.4, 0.5) is 0 Å². The van der Waals surface area contributed by atoms with Crippen LogP contribution >= 0.6 is 23.5 Å². The third-order valence-corrected chi connectivity index (χ3v) is 3.69. The van der Waals surface area contributed by atoms with Crippen molar-refractivity contribution in [3.05, 3.63) is 34.3 Å². The summed E-state index contributed by atoms with van der Waals surface area (Å²) in [6.07, 6.45) is 0. The fourth-order valence-corrected chi connectivity index (χ4v) is 1.76. The van der Waals surface area contributed by atoms with Gasteiger partial charge < -0.3 is 9.79 Å². The summed E-state index contributed by atoms with van der Waals surface area (Å²) in [5, 5.41) is 0. The molecule has 0 unspecified atom stereocenters. The first-order valence-electron chi connectivity index (χ1n) is 3.72. The van der Waals surface area contributed by atoms with Crippen molar-refractivity contribution < 1.29 is 14.4 Å². The lowest BCUT2D eigenvalue weighted by Crippen LogP contribution is -1.93. The second-order valence-corrected chi connectivity index (χ2v) is 5.69. The Labute approximate surface area is 85.1 Å². The molecular weight excluding hydrogens is 255 g/mol. The number of hydrogen-bond donors (Lipinski definition) is 2. The average Bonchev–Trinajstić information content (AvgIpc) is 2.03. The normalized spacial score (nSPS) is 14.2. The minimum atomic E-state index is -4.01. The lowest BCUT2D eigenvalue weighted by Gasteiger charge is -2.13. The Morgan fingerprint density at radius 3 is 2.15 bits per heavy atom. The molecule has 0 bridgehead atoms. The molecule has 0 radical (unpaired) electrons. The first kappa shape index (κ1) is 10.9. The smallest absolute Gasteiger partial charge is 0.324 e. The Morgan fingerprint density at radius 1 is 1.31 bits per heavy atom. The van der Waals surface area contributed by atoms with Crippen LogP contribution in [0.2, 0.25) is 0 Å². The van der Waals surface area contributed by atoms with E-state index in [2.05, 4.69) is 15.9 Å². The van der Waals surface area contributed by atoms with Gasteiger partial charge in [-0.25, -0.2) is 0 Å². The highest BCUT2D eigenvalue weighted by Crippen LogP contribution is 2.51. The lowest BCUT2D eigenvalue weighted by atomic mass is 10.2. The number of benzene rings is 1. The highest BCUT2D eigenvalue weighted by atomic mass is 79.9. The lowest BCUT2D eigenvalue weighted by molar-refractivity contribution is 0.362. The van der Waals surface area contributed by atoms with E-state index in [4.69, 9.17) is 9.79 Å². The van der Waals surface area contributed by atoms with E-state index in [1.807, 2.05) is 0 Å². The predicted octanol–water partition coefficient (Wildman–Crippen LogP) is 2.69. The molecule has 0 saturated carbocycles. The highest BCUT2D eigenvalue weighted by molar-refractivity contribution is 9.10. The van der Waals surface area contributed by atoms with Crippen molar-refractivity contribution in [1.29, 1.82) is 0 Å². The monoisotopic (exact) mass is 264 g/mol. The molecule has 2 N–H and O–H groups in total. The number of hydrogen-bond acceptors (Lipinski definition) is 1. The molecule has 1 aromatic rings. The molecule has 72 valence electrons. The Morgan fingerprint density at radius 2 is 1.77 bits per heavy atom. The summed E-state index contributed by atoms with van der Waals surface area (Å²) >= 11 is 3.25. The molecule has 0 aliphatic rings. The van der Waals surface area contributed by atoms with Gasteiger partial charge in [-0.1, -0.05) is 28.1 Å². The van der Waals surface area contributed by atoms with Crippen molar-refractivity contribution >= 4 is 23.5 Å². The van der Waals surface area contributed by atoms with Gasteiger partial charge in [0.1, 0.15) is 0 Å². The minimum absolute atomic E-state index is 0.650. The molecule has 0 aliphatic carbocycles. The first-order chi connectivity index (χ1) is 5.91. The second-order valence-electron chi connectivity index (χ2n) is 2.82. The zero-order valence-electron chi connectivity index (χ0n) is 7.01. The largest absolute Gasteiger partial charge is 0.332 e. The van der Waals surface area contributed by atoms with E-state index < -0.39 is 13.3 Å². The molecule has 3 nitrogen and oxygen atoms in total.